The molecule has 1 aromatic heterocycles. The summed E-state index contributed by atoms with van der Waals surface area (Å²) in [5.41, 5.74) is 1.73. The maximum atomic E-state index is 14.1. The maximum Gasteiger partial charge on any atom is 0.270 e. The van der Waals surface area contributed by atoms with E-state index in [-0.39, 0.29) is 17.8 Å². The van der Waals surface area contributed by atoms with Crippen LogP contribution in [0.3, 0.4) is 0 Å². The molecular weight excluding hydrogens is 341 g/mol. The highest BCUT2D eigenvalue weighted by molar-refractivity contribution is 6.30. The lowest BCUT2D eigenvalue weighted by atomic mass is 10.1. The molecule has 0 bridgehead atoms. The van der Waals surface area contributed by atoms with Gasteiger partial charge in [0.2, 0.25) is 0 Å². The predicted octanol–water partition coefficient (Wildman–Crippen LogP) is 4.47. The summed E-state index contributed by atoms with van der Waals surface area (Å²) in [5, 5.41) is 7.86. The van der Waals surface area contributed by atoms with E-state index < -0.39 is 0 Å². The maximum absolute atomic E-state index is 14.1. The molecule has 1 heterocycles. The summed E-state index contributed by atoms with van der Waals surface area (Å²) >= 11 is 5.93. The molecule has 0 fully saturated rings. The summed E-state index contributed by atoms with van der Waals surface area (Å²) < 4.78 is 15.6. The van der Waals surface area contributed by atoms with Crippen LogP contribution in [0.1, 0.15) is 24.3 Å². The van der Waals surface area contributed by atoms with Gasteiger partial charge in [0.1, 0.15) is 11.5 Å². The SMILES string of the molecule is CC(C)NC(=O)c1cc(-c2ccccc2F)nn1-c1ccc(Cl)cc1. The number of hydrogen-bond donors (Lipinski definition) is 1. The lowest BCUT2D eigenvalue weighted by Crippen LogP contribution is -2.31. The molecule has 6 heteroatoms. The lowest BCUT2D eigenvalue weighted by Gasteiger charge is -2.10. The van der Waals surface area contributed by atoms with Crippen molar-refractivity contribution >= 4 is 17.5 Å². The number of benzene rings is 2. The van der Waals surface area contributed by atoms with E-state index in [9.17, 15) is 9.18 Å². The fraction of sp³-hybridized carbons (Fsp3) is 0.158. The van der Waals surface area contributed by atoms with Crippen molar-refractivity contribution < 1.29 is 9.18 Å². The number of nitrogens with one attached hydrogen (secondary N) is 1. The molecule has 0 unspecified atom stereocenters. The van der Waals surface area contributed by atoms with E-state index in [4.69, 9.17) is 11.6 Å². The Hall–Kier alpha value is -2.66. The molecule has 128 valence electrons. The first kappa shape index (κ1) is 17.2. The quantitative estimate of drug-likeness (QED) is 0.748. The second kappa shape index (κ2) is 7.07. The average Bonchev–Trinajstić information content (AvgIpc) is 3.00. The van der Waals surface area contributed by atoms with E-state index in [1.807, 2.05) is 13.8 Å². The zero-order valence-corrected chi connectivity index (χ0v) is 14.6. The molecule has 0 atom stereocenters. The Kier molecular flexibility index (Phi) is 4.86. The summed E-state index contributed by atoms with van der Waals surface area (Å²) in [6.07, 6.45) is 0. The smallest absolute Gasteiger partial charge is 0.270 e. The molecular formula is C19H17ClFN3O. The van der Waals surface area contributed by atoms with Crippen molar-refractivity contribution in [1.82, 2.24) is 15.1 Å². The minimum atomic E-state index is -0.390. The van der Waals surface area contributed by atoms with Crippen LogP contribution in [0.5, 0.6) is 0 Å². The van der Waals surface area contributed by atoms with Crippen LogP contribution in [-0.4, -0.2) is 21.7 Å². The second-order valence-electron chi connectivity index (χ2n) is 5.91. The fourth-order valence-corrected chi connectivity index (χ4v) is 2.58. The Balaban J connectivity index is 2.13. The molecule has 25 heavy (non-hydrogen) atoms. The van der Waals surface area contributed by atoms with Gasteiger partial charge in [-0.15, -0.1) is 0 Å². The normalized spacial score (nSPS) is 10.9. The molecule has 0 spiro atoms. The van der Waals surface area contributed by atoms with Crippen molar-refractivity contribution in [2.45, 2.75) is 19.9 Å². The van der Waals surface area contributed by atoms with Gasteiger partial charge in [-0.05, 0) is 56.3 Å². The molecule has 0 aliphatic carbocycles. The number of carbonyl (C=O) groups is 1. The molecule has 4 nitrogen and oxygen atoms in total. The molecule has 1 amide bonds. The zero-order chi connectivity index (χ0) is 18.0. The van der Waals surface area contributed by atoms with E-state index in [2.05, 4.69) is 10.4 Å². The topological polar surface area (TPSA) is 46.9 Å². The standard InChI is InChI=1S/C19H17ClFN3O/c1-12(2)22-19(25)18-11-17(15-5-3-4-6-16(15)21)23-24(18)14-9-7-13(20)8-10-14/h3-12H,1-2H3,(H,22,25). The van der Waals surface area contributed by atoms with Crippen LogP contribution >= 0.6 is 11.6 Å². The fourth-order valence-electron chi connectivity index (χ4n) is 2.46. The van der Waals surface area contributed by atoms with Gasteiger partial charge in [0.25, 0.3) is 5.91 Å². The third-order valence-electron chi connectivity index (χ3n) is 3.58. The third-order valence-corrected chi connectivity index (χ3v) is 3.83. The molecule has 0 saturated heterocycles. The number of amides is 1. The molecule has 0 saturated carbocycles. The van der Waals surface area contributed by atoms with E-state index in [1.165, 1.54) is 10.7 Å². The molecule has 0 aliphatic rings. The second-order valence-corrected chi connectivity index (χ2v) is 6.35. The number of rotatable bonds is 4. The first-order chi connectivity index (χ1) is 12.0. The Morgan fingerprint density at radius 1 is 1.16 bits per heavy atom. The van der Waals surface area contributed by atoms with Crippen LogP contribution in [0.2, 0.25) is 5.02 Å². The summed E-state index contributed by atoms with van der Waals surface area (Å²) in [4.78, 5) is 12.6. The molecule has 0 aliphatic heterocycles. The Morgan fingerprint density at radius 2 is 1.84 bits per heavy atom. The number of nitrogens with zero attached hydrogens (tertiary/aromatic N) is 2. The van der Waals surface area contributed by atoms with Crippen molar-refractivity contribution in [2.24, 2.45) is 0 Å². The van der Waals surface area contributed by atoms with E-state index in [1.54, 1.807) is 48.5 Å². The highest BCUT2D eigenvalue weighted by atomic mass is 35.5. The van der Waals surface area contributed by atoms with Crippen molar-refractivity contribution in [1.29, 1.82) is 0 Å². The predicted molar refractivity (Wildman–Crippen MR) is 96.6 cm³/mol. The zero-order valence-electron chi connectivity index (χ0n) is 13.8. The largest absolute Gasteiger partial charge is 0.349 e. The van der Waals surface area contributed by atoms with Crippen LogP contribution in [0.25, 0.3) is 16.9 Å². The third kappa shape index (κ3) is 3.72. The first-order valence-corrected chi connectivity index (χ1v) is 8.25. The highest BCUT2D eigenvalue weighted by Gasteiger charge is 2.19. The van der Waals surface area contributed by atoms with Crippen molar-refractivity contribution in [2.75, 3.05) is 0 Å². The van der Waals surface area contributed by atoms with Crippen molar-refractivity contribution in [3.63, 3.8) is 0 Å². The molecule has 1 N–H and O–H groups in total. The van der Waals surface area contributed by atoms with Crippen LogP contribution < -0.4 is 5.32 Å². The number of carbonyl (C=O) groups excluding carboxylic acids is 1. The Labute approximate surface area is 150 Å². The summed E-state index contributed by atoms with van der Waals surface area (Å²) in [6, 6.07) is 14.8. The van der Waals surface area contributed by atoms with Gasteiger partial charge in [-0.25, -0.2) is 9.07 Å². The van der Waals surface area contributed by atoms with Gasteiger partial charge in [0, 0.05) is 16.6 Å². The van der Waals surface area contributed by atoms with Gasteiger partial charge in [0.15, 0.2) is 0 Å². The van der Waals surface area contributed by atoms with Crippen LogP contribution in [0.15, 0.2) is 54.6 Å². The van der Waals surface area contributed by atoms with Gasteiger partial charge in [-0.3, -0.25) is 4.79 Å². The number of aromatic nitrogens is 2. The molecule has 3 rings (SSSR count). The van der Waals surface area contributed by atoms with Gasteiger partial charge in [0.05, 0.1) is 11.4 Å². The van der Waals surface area contributed by atoms with Gasteiger partial charge < -0.3 is 5.32 Å². The molecule has 3 aromatic rings. The van der Waals surface area contributed by atoms with Crippen molar-refractivity contribution in [3.8, 4) is 16.9 Å². The summed E-state index contributed by atoms with van der Waals surface area (Å²) in [5.74, 6) is -0.667. The lowest BCUT2D eigenvalue weighted by molar-refractivity contribution is 0.0935. The van der Waals surface area contributed by atoms with Crippen LogP contribution in [0, 0.1) is 5.82 Å². The number of halogens is 2. The summed E-state index contributed by atoms with van der Waals surface area (Å²) in [6.45, 7) is 3.75. The Bertz CT molecular complexity index is 903. The number of hydrogen-bond acceptors (Lipinski definition) is 2. The van der Waals surface area contributed by atoms with Crippen LogP contribution in [0.4, 0.5) is 4.39 Å². The van der Waals surface area contributed by atoms with Gasteiger partial charge in [-0.2, -0.15) is 5.10 Å². The van der Waals surface area contributed by atoms with Gasteiger partial charge in [-0.1, -0.05) is 23.7 Å². The minimum absolute atomic E-state index is 0.0296. The van der Waals surface area contributed by atoms with Gasteiger partial charge >= 0.3 is 0 Å². The summed E-state index contributed by atoms with van der Waals surface area (Å²) in [7, 11) is 0. The van der Waals surface area contributed by atoms with E-state index >= 15 is 0 Å². The monoisotopic (exact) mass is 357 g/mol. The van der Waals surface area contributed by atoms with E-state index in [0.717, 1.165) is 0 Å². The Morgan fingerprint density at radius 3 is 2.48 bits per heavy atom. The average molecular weight is 358 g/mol. The van der Waals surface area contributed by atoms with E-state index in [0.29, 0.717) is 27.7 Å². The molecule has 0 radical (unpaired) electrons. The molecule has 2 aromatic carbocycles. The minimum Gasteiger partial charge on any atom is -0.349 e. The van der Waals surface area contributed by atoms with Crippen molar-refractivity contribution in [3.05, 3.63) is 71.1 Å². The first-order valence-electron chi connectivity index (χ1n) is 7.87. The van der Waals surface area contributed by atoms with Crippen LogP contribution in [-0.2, 0) is 0 Å². The highest BCUT2D eigenvalue weighted by Crippen LogP contribution is 2.24.